The van der Waals surface area contributed by atoms with Crippen molar-refractivity contribution in [2.45, 2.75) is 70.2 Å². The molecule has 1 aliphatic rings. The molecule has 0 aromatic heterocycles. The number of aliphatic hydroxyl groups is 1. The molecule has 0 saturated carbocycles. The topological polar surface area (TPSA) is 72.8 Å². The molecule has 142 valence electrons. The zero-order chi connectivity index (χ0) is 18.8. The summed E-state index contributed by atoms with van der Waals surface area (Å²) >= 11 is 0. The minimum absolute atomic E-state index is 0.304. The summed E-state index contributed by atoms with van der Waals surface area (Å²) in [5.74, 6) is -0.756. The zero-order valence-corrected chi connectivity index (χ0v) is 15.3. The molecule has 5 heteroatoms. The predicted octanol–water partition coefficient (Wildman–Crippen LogP) is 3.34. The van der Waals surface area contributed by atoms with E-state index >= 15 is 0 Å². The Labute approximate surface area is 155 Å². The summed E-state index contributed by atoms with van der Waals surface area (Å²) in [4.78, 5) is 22.7. The molecule has 2 rings (SSSR count). The second-order valence-electron chi connectivity index (χ2n) is 6.79. The van der Waals surface area contributed by atoms with Crippen LogP contribution in [0.15, 0.2) is 42.5 Å². The van der Waals surface area contributed by atoms with E-state index < -0.39 is 12.2 Å². The molecule has 1 aromatic carbocycles. The maximum Gasteiger partial charge on any atom is 0.330 e. The van der Waals surface area contributed by atoms with Gasteiger partial charge in [-0.1, -0.05) is 42.8 Å². The van der Waals surface area contributed by atoms with Gasteiger partial charge in [0.15, 0.2) is 0 Å². The van der Waals surface area contributed by atoms with Gasteiger partial charge in [0.25, 0.3) is 0 Å². The lowest BCUT2D eigenvalue weighted by Gasteiger charge is -2.25. The van der Waals surface area contributed by atoms with Crippen molar-refractivity contribution in [1.82, 2.24) is 0 Å². The summed E-state index contributed by atoms with van der Waals surface area (Å²) in [7, 11) is 0. The zero-order valence-electron chi connectivity index (χ0n) is 15.3. The van der Waals surface area contributed by atoms with E-state index in [0.717, 1.165) is 19.3 Å². The van der Waals surface area contributed by atoms with Gasteiger partial charge in [0.2, 0.25) is 0 Å². The number of unbranched alkanes of at least 4 members (excludes halogenated alkanes) is 1. The average molecular weight is 360 g/mol. The Hall–Kier alpha value is -2.14. The highest BCUT2D eigenvalue weighted by Gasteiger charge is 2.25. The van der Waals surface area contributed by atoms with Crippen LogP contribution in [0.25, 0.3) is 0 Å². The van der Waals surface area contributed by atoms with Crippen LogP contribution < -0.4 is 0 Å². The molecule has 0 spiro atoms. The molecule has 1 aliphatic heterocycles. The Morgan fingerprint density at radius 2 is 2.08 bits per heavy atom. The SMILES string of the molecule is CC(=O)O[C@H](C[C@H](O)CCCCc1ccccc1)C[C@@H]1CC=CC(=O)O1. The molecule has 26 heavy (non-hydrogen) atoms. The molecule has 0 saturated heterocycles. The average Bonchev–Trinajstić information content (AvgIpc) is 2.59. The number of cyclic esters (lactones) is 1. The summed E-state index contributed by atoms with van der Waals surface area (Å²) in [6, 6.07) is 10.3. The second kappa shape index (κ2) is 10.8. The smallest absolute Gasteiger partial charge is 0.330 e. The minimum Gasteiger partial charge on any atom is -0.462 e. The monoisotopic (exact) mass is 360 g/mol. The Balaban J connectivity index is 1.72. The molecule has 0 radical (unpaired) electrons. The minimum atomic E-state index is -0.537. The van der Waals surface area contributed by atoms with Gasteiger partial charge in [0, 0.05) is 32.3 Å². The van der Waals surface area contributed by atoms with E-state index in [4.69, 9.17) is 9.47 Å². The fraction of sp³-hybridized carbons (Fsp3) is 0.524. The number of benzene rings is 1. The van der Waals surface area contributed by atoms with Crippen molar-refractivity contribution < 1.29 is 24.2 Å². The van der Waals surface area contributed by atoms with Crippen molar-refractivity contribution in [2.75, 3.05) is 0 Å². The first-order valence-electron chi connectivity index (χ1n) is 9.29. The number of hydrogen-bond donors (Lipinski definition) is 1. The molecule has 0 bridgehead atoms. The van der Waals surface area contributed by atoms with E-state index in [1.165, 1.54) is 18.6 Å². The van der Waals surface area contributed by atoms with Gasteiger partial charge in [-0.05, 0) is 24.8 Å². The van der Waals surface area contributed by atoms with Gasteiger partial charge < -0.3 is 14.6 Å². The standard InChI is InChI=1S/C21H28O5/c1-16(22)25-20(15-19-12-7-13-21(24)26-19)14-18(23)11-6-5-10-17-8-3-2-4-9-17/h2-4,7-9,13,18-20,23H,5-6,10-12,14-15H2,1H3/t18-,19+,20-/m1/s1. The van der Waals surface area contributed by atoms with E-state index in [2.05, 4.69) is 12.1 Å². The number of hydrogen-bond acceptors (Lipinski definition) is 5. The Bertz CT molecular complexity index is 596. The highest BCUT2D eigenvalue weighted by molar-refractivity contribution is 5.82. The van der Waals surface area contributed by atoms with E-state index in [0.29, 0.717) is 25.7 Å². The molecule has 5 nitrogen and oxygen atoms in total. The summed E-state index contributed by atoms with van der Waals surface area (Å²) in [5, 5.41) is 10.3. The third-order valence-electron chi connectivity index (χ3n) is 4.42. The lowest BCUT2D eigenvalue weighted by Crippen LogP contribution is -2.30. The fourth-order valence-electron chi connectivity index (χ4n) is 3.21. The summed E-state index contributed by atoms with van der Waals surface area (Å²) in [6.07, 6.45) is 6.83. The first kappa shape index (κ1) is 20.2. The van der Waals surface area contributed by atoms with Gasteiger partial charge in [0.05, 0.1) is 6.10 Å². The molecule has 1 N–H and O–H groups in total. The van der Waals surface area contributed by atoms with Crippen LogP contribution >= 0.6 is 0 Å². The lowest BCUT2D eigenvalue weighted by molar-refractivity contribution is -0.153. The molecular weight excluding hydrogens is 332 g/mol. The van der Waals surface area contributed by atoms with Crippen LogP contribution in [-0.4, -0.2) is 35.4 Å². The maximum atomic E-state index is 11.3. The van der Waals surface area contributed by atoms with Gasteiger partial charge in [-0.3, -0.25) is 4.79 Å². The van der Waals surface area contributed by atoms with E-state index in [1.54, 1.807) is 6.08 Å². The largest absolute Gasteiger partial charge is 0.462 e. The molecule has 0 unspecified atom stereocenters. The summed E-state index contributed by atoms with van der Waals surface area (Å²) in [6.45, 7) is 1.35. The van der Waals surface area contributed by atoms with Gasteiger partial charge in [-0.15, -0.1) is 0 Å². The van der Waals surface area contributed by atoms with Crippen LogP contribution in [0.4, 0.5) is 0 Å². The summed E-state index contributed by atoms with van der Waals surface area (Å²) < 4.78 is 10.5. The number of esters is 2. The number of aliphatic hydroxyl groups excluding tert-OH is 1. The van der Waals surface area contributed by atoms with Crippen LogP contribution in [0.5, 0.6) is 0 Å². The van der Waals surface area contributed by atoms with E-state index in [9.17, 15) is 14.7 Å². The van der Waals surface area contributed by atoms with Crippen LogP contribution in [0, 0.1) is 0 Å². The van der Waals surface area contributed by atoms with Gasteiger partial charge in [-0.2, -0.15) is 0 Å². The number of rotatable bonds is 10. The number of aryl methyl sites for hydroxylation is 1. The molecule has 3 atom stereocenters. The highest BCUT2D eigenvalue weighted by atomic mass is 16.6. The van der Waals surface area contributed by atoms with Crippen molar-refractivity contribution in [3.05, 3.63) is 48.0 Å². The predicted molar refractivity (Wildman–Crippen MR) is 98.4 cm³/mol. The first-order valence-corrected chi connectivity index (χ1v) is 9.29. The Morgan fingerprint density at radius 3 is 2.77 bits per heavy atom. The number of carbonyl (C=O) groups is 2. The van der Waals surface area contributed by atoms with Crippen molar-refractivity contribution in [3.8, 4) is 0 Å². The van der Waals surface area contributed by atoms with Crippen LogP contribution in [-0.2, 0) is 25.5 Å². The Kier molecular flexibility index (Phi) is 8.35. The lowest BCUT2D eigenvalue weighted by atomic mass is 9.98. The number of carbonyl (C=O) groups excluding carboxylic acids is 2. The maximum absolute atomic E-state index is 11.3. The van der Waals surface area contributed by atoms with Gasteiger partial charge >= 0.3 is 11.9 Å². The molecule has 0 aliphatic carbocycles. The first-order chi connectivity index (χ1) is 12.5. The molecule has 0 fully saturated rings. The number of ether oxygens (including phenoxy) is 2. The van der Waals surface area contributed by atoms with Crippen LogP contribution in [0.1, 0.15) is 51.0 Å². The third-order valence-corrected chi connectivity index (χ3v) is 4.42. The quantitative estimate of drug-likeness (QED) is 0.512. The molecule has 1 heterocycles. The van der Waals surface area contributed by atoms with Crippen molar-refractivity contribution in [1.29, 1.82) is 0 Å². The van der Waals surface area contributed by atoms with Crippen molar-refractivity contribution in [3.63, 3.8) is 0 Å². The molecular formula is C21H28O5. The van der Waals surface area contributed by atoms with Crippen LogP contribution in [0.3, 0.4) is 0 Å². The highest BCUT2D eigenvalue weighted by Crippen LogP contribution is 2.20. The third kappa shape index (κ3) is 7.83. The second-order valence-corrected chi connectivity index (χ2v) is 6.79. The molecule has 0 amide bonds. The van der Waals surface area contributed by atoms with Crippen LogP contribution in [0.2, 0.25) is 0 Å². The summed E-state index contributed by atoms with van der Waals surface area (Å²) in [5.41, 5.74) is 1.30. The van der Waals surface area contributed by atoms with Crippen molar-refractivity contribution in [2.24, 2.45) is 0 Å². The Morgan fingerprint density at radius 1 is 1.31 bits per heavy atom. The van der Waals surface area contributed by atoms with E-state index in [-0.39, 0.29) is 18.0 Å². The van der Waals surface area contributed by atoms with Gasteiger partial charge in [0.1, 0.15) is 12.2 Å². The van der Waals surface area contributed by atoms with Gasteiger partial charge in [-0.25, -0.2) is 4.79 Å². The van der Waals surface area contributed by atoms with E-state index in [1.807, 2.05) is 18.2 Å². The fourth-order valence-corrected chi connectivity index (χ4v) is 3.21. The normalized spacial score (nSPS) is 18.8. The molecule has 1 aromatic rings. The van der Waals surface area contributed by atoms with Crippen molar-refractivity contribution >= 4 is 11.9 Å².